The summed E-state index contributed by atoms with van der Waals surface area (Å²) in [5.41, 5.74) is 2.44. The van der Waals surface area contributed by atoms with Crippen molar-refractivity contribution in [2.24, 2.45) is 0 Å². The molecule has 4 rings (SSSR count). The van der Waals surface area contributed by atoms with Crippen molar-refractivity contribution in [2.75, 3.05) is 10.0 Å². The molecule has 0 atom stereocenters. The van der Waals surface area contributed by atoms with Crippen molar-refractivity contribution in [3.05, 3.63) is 108 Å². The van der Waals surface area contributed by atoms with E-state index in [4.69, 9.17) is 0 Å². The molecule has 0 aliphatic carbocycles. The number of nitrogens with zero attached hydrogens (tertiary/aromatic N) is 2. The molecule has 0 spiro atoms. The largest absolute Gasteiger partial charge is 0.322 e. The Morgan fingerprint density at radius 3 is 2.48 bits per heavy atom. The van der Waals surface area contributed by atoms with E-state index in [-0.39, 0.29) is 22.1 Å². The number of amides is 1. The van der Waals surface area contributed by atoms with Crippen LogP contribution in [-0.2, 0) is 16.6 Å². The number of rotatable bonds is 7. The first-order chi connectivity index (χ1) is 15.8. The SMILES string of the molecule is Cc1cc(S(=O)(=O)Nc2ccc(C(=O)Nc3ccccc3Cn3cccn3)cc2)ccc1F. The number of hydrogen-bond donors (Lipinski definition) is 2. The van der Waals surface area contributed by atoms with Gasteiger partial charge in [0.1, 0.15) is 5.82 Å². The number of aryl methyl sites for hydroxylation is 1. The first kappa shape index (κ1) is 22.2. The van der Waals surface area contributed by atoms with Gasteiger partial charge in [0, 0.05) is 29.3 Å². The summed E-state index contributed by atoms with van der Waals surface area (Å²) < 4.78 is 42.8. The third-order valence-corrected chi connectivity index (χ3v) is 6.38. The van der Waals surface area contributed by atoms with Crippen LogP contribution >= 0.6 is 0 Å². The molecule has 7 nitrogen and oxygen atoms in total. The highest BCUT2D eigenvalue weighted by Gasteiger charge is 2.16. The number of anilines is 2. The molecule has 3 aromatic carbocycles. The van der Waals surface area contributed by atoms with E-state index in [0.29, 0.717) is 17.8 Å². The number of sulfonamides is 1. The maximum Gasteiger partial charge on any atom is 0.261 e. The summed E-state index contributed by atoms with van der Waals surface area (Å²) in [6.45, 7) is 2.00. The molecule has 33 heavy (non-hydrogen) atoms. The van der Waals surface area contributed by atoms with Crippen LogP contribution in [0.1, 0.15) is 21.5 Å². The maximum absolute atomic E-state index is 13.5. The van der Waals surface area contributed by atoms with Crippen molar-refractivity contribution in [1.29, 1.82) is 0 Å². The van der Waals surface area contributed by atoms with Crippen LogP contribution in [0.25, 0.3) is 0 Å². The van der Waals surface area contributed by atoms with Crippen LogP contribution in [0.15, 0.2) is 90.1 Å². The predicted molar refractivity (Wildman–Crippen MR) is 124 cm³/mol. The molecule has 0 aliphatic heterocycles. The molecule has 9 heteroatoms. The zero-order valence-electron chi connectivity index (χ0n) is 17.7. The molecule has 1 heterocycles. The number of hydrogen-bond acceptors (Lipinski definition) is 4. The Morgan fingerprint density at radius 2 is 1.79 bits per heavy atom. The molecular formula is C24H21FN4O3S. The topological polar surface area (TPSA) is 93.1 Å². The van der Waals surface area contributed by atoms with Crippen LogP contribution in [-0.4, -0.2) is 24.1 Å². The second-order valence-corrected chi connectivity index (χ2v) is 9.09. The van der Waals surface area contributed by atoms with E-state index in [2.05, 4.69) is 15.1 Å². The monoisotopic (exact) mass is 464 g/mol. The van der Waals surface area contributed by atoms with Gasteiger partial charge in [-0.05, 0) is 72.6 Å². The summed E-state index contributed by atoms with van der Waals surface area (Å²) in [7, 11) is -3.89. The number of para-hydroxylation sites is 1. The van der Waals surface area contributed by atoms with Gasteiger partial charge in [0.25, 0.3) is 15.9 Å². The Balaban J connectivity index is 1.46. The maximum atomic E-state index is 13.5. The lowest BCUT2D eigenvalue weighted by atomic mass is 10.1. The van der Waals surface area contributed by atoms with E-state index in [0.717, 1.165) is 11.6 Å². The summed E-state index contributed by atoms with van der Waals surface area (Å²) in [6.07, 6.45) is 3.53. The summed E-state index contributed by atoms with van der Waals surface area (Å²) >= 11 is 0. The fourth-order valence-corrected chi connectivity index (χ4v) is 4.37. The second kappa shape index (κ2) is 9.25. The summed E-state index contributed by atoms with van der Waals surface area (Å²) in [5.74, 6) is -0.804. The number of halogens is 1. The number of nitrogens with one attached hydrogen (secondary N) is 2. The van der Waals surface area contributed by atoms with Gasteiger partial charge in [-0.25, -0.2) is 12.8 Å². The third kappa shape index (κ3) is 5.27. The fraction of sp³-hybridized carbons (Fsp3) is 0.0833. The van der Waals surface area contributed by atoms with Crippen LogP contribution in [0.2, 0.25) is 0 Å². The third-order valence-electron chi connectivity index (χ3n) is 5.00. The van der Waals surface area contributed by atoms with Crippen molar-refractivity contribution in [2.45, 2.75) is 18.4 Å². The van der Waals surface area contributed by atoms with E-state index < -0.39 is 15.8 Å². The molecule has 4 aromatic rings. The van der Waals surface area contributed by atoms with E-state index >= 15 is 0 Å². The Kier molecular flexibility index (Phi) is 6.23. The molecule has 2 N–H and O–H groups in total. The minimum Gasteiger partial charge on any atom is -0.322 e. The quantitative estimate of drug-likeness (QED) is 0.423. The van der Waals surface area contributed by atoms with E-state index in [1.54, 1.807) is 10.9 Å². The van der Waals surface area contributed by atoms with Gasteiger partial charge in [-0.3, -0.25) is 14.2 Å². The Hall–Kier alpha value is -3.98. The lowest BCUT2D eigenvalue weighted by molar-refractivity contribution is 0.102. The van der Waals surface area contributed by atoms with Gasteiger partial charge in [-0.2, -0.15) is 5.10 Å². The molecule has 1 amide bonds. The number of aromatic nitrogens is 2. The van der Waals surface area contributed by atoms with E-state index in [9.17, 15) is 17.6 Å². The molecule has 1 aromatic heterocycles. The molecular weight excluding hydrogens is 443 g/mol. The Bertz CT molecular complexity index is 1390. The van der Waals surface area contributed by atoms with Crippen molar-refractivity contribution in [3.8, 4) is 0 Å². The van der Waals surface area contributed by atoms with Crippen molar-refractivity contribution in [1.82, 2.24) is 9.78 Å². The van der Waals surface area contributed by atoms with Crippen molar-refractivity contribution >= 4 is 27.3 Å². The normalized spacial score (nSPS) is 11.2. The van der Waals surface area contributed by atoms with Crippen molar-refractivity contribution < 1.29 is 17.6 Å². The molecule has 0 saturated carbocycles. The first-order valence-electron chi connectivity index (χ1n) is 10.1. The van der Waals surface area contributed by atoms with Gasteiger partial charge in [-0.1, -0.05) is 18.2 Å². The molecule has 0 saturated heterocycles. The minimum absolute atomic E-state index is 0.0444. The smallest absolute Gasteiger partial charge is 0.261 e. The van der Waals surface area contributed by atoms with Gasteiger partial charge in [-0.15, -0.1) is 0 Å². The molecule has 168 valence electrons. The van der Waals surface area contributed by atoms with Gasteiger partial charge in [0.15, 0.2) is 0 Å². The first-order valence-corrected chi connectivity index (χ1v) is 11.6. The zero-order chi connectivity index (χ0) is 23.4. The molecule has 0 bridgehead atoms. The highest BCUT2D eigenvalue weighted by atomic mass is 32.2. The summed E-state index contributed by atoms with van der Waals surface area (Å²) in [4.78, 5) is 12.7. The predicted octanol–water partition coefficient (Wildman–Crippen LogP) is 4.43. The molecule has 0 radical (unpaired) electrons. The van der Waals surface area contributed by atoms with Crippen LogP contribution < -0.4 is 10.0 Å². The van der Waals surface area contributed by atoms with Gasteiger partial charge >= 0.3 is 0 Å². The molecule has 0 aliphatic rings. The average Bonchev–Trinajstić information content (AvgIpc) is 3.30. The highest BCUT2D eigenvalue weighted by Crippen LogP contribution is 2.21. The Morgan fingerprint density at radius 1 is 1.03 bits per heavy atom. The summed E-state index contributed by atoms with van der Waals surface area (Å²) in [5, 5.41) is 7.08. The number of benzene rings is 3. The van der Waals surface area contributed by atoms with Crippen LogP contribution in [0, 0.1) is 12.7 Å². The van der Waals surface area contributed by atoms with Crippen LogP contribution in [0.5, 0.6) is 0 Å². The van der Waals surface area contributed by atoms with Gasteiger partial charge < -0.3 is 5.32 Å². The number of carbonyl (C=O) groups is 1. The average molecular weight is 465 g/mol. The van der Waals surface area contributed by atoms with E-state index in [1.165, 1.54) is 43.3 Å². The lowest BCUT2D eigenvalue weighted by Crippen LogP contribution is -2.15. The summed E-state index contributed by atoms with van der Waals surface area (Å²) in [6, 6.07) is 18.9. The lowest BCUT2D eigenvalue weighted by Gasteiger charge is -2.12. The highest BCUT2D eigenvalue weighted by molar-refractivity contribution is 7.92. The van der Waals surface area contributed by atoms with Gasteiger partial charge in [0.2, 0.25) is 0 Å². The van der Waals surface area contributed by atoms with Crippen molar-refractivity contribution in [3.63, 3.8) is 0 Å². The zero-order valence-corrected chi connectivity index (χ0v) is 18.5. The minimum atomic E-state index is -3.89. The Labute approximate surface area is 190 Å². The van der Waals surface area contributed by atoms with Crippen LogP contribution in [0.4, 0.5) is 15.8 Å². The number of carbonyl (C=O) groups excluding carboxylic acids is 1. The van der Waals surface area contributed by atoms with Gasteiger partial charge in [0.05, 0.1) is 11.4 Å². The van der Waals surface area contributed by atoms with Crippen LogP contribution in [0.3, 0.4) is 0 Å². The van der Waals surface area contributed by atoms with E-state index in [1.807, 2.05) is 36.5 Å². The molecule has 0 fully saturated rings. The fourth-order valence-electron chi connectivity index (χ4n) is 3.23. The standard InChI is InChI=1S/C24H21FN4O3S/c1-17-15-21(11-12-22(17)25)33(31,32)28-20-9-7-18(8-10-20)24(30)27-23-6-3-2-5-19(23)16-29-14-4-13-26-29/h2-15,28H,16H2,1H3,(H,27,30). The second-order valence-electron chi connectivity index (χ2n) is 7.41. The molecule has 0 unspecified atom stereocenters.